The first-order chi connectivity index (χ1) is 21.3. The van der Waals surface area contributed by atoms with Gasteiger partial charge in [0.05, 0.1) is 0 Å². The van der Waals surface area contributed by atoms with Gasteiger partial charge in [-0.05, 0) is 89.3 Å². The fourth-order valence-electron chi connectivity index (χ4n) is 6.30. The topological polar surface area (TPSA) is 16.1 Å². The number of nitrogens with zero attached hydrogens (tertiary/aromatic N) is 2. The van der Waals surface area contributed by atoms with Crippen molar-refractivity contribution in [2.75, 3.05) is 4.90 Å². The van der Waals surface area contributed by atoms with E-state index in [1.807, 2.05) is 35.1 Å². The molecule has 9 aromatic rings. The van der Waals surface area contributed by atoms with Crippen molar-refractivity contribution in [1.82, 2.24) is 4.98 Å². The molecular weight excluding hydrogens is 561 g/mol. The first-order valence-corrected chi connectivity index (χ1v) is 16.0. The molecule has 3 aromatic heterocycles. The smallest absolute Gasteiger partial charge is 0.0468 e. The number of para-hydroxylation sites is 1. The lowest BCUT2D eigenvalue weighted by Crippen LogP contribution is -2.09. The van der Waals surface area contributed by atoms with Crippen molar-refractivity contribution in [3.8, 4) is 11.1 Å². The highest BCUT2D eigenvalue weighted by Gasteiger charge is 2.15. The normalized spacial score (nSPS) is 11.7. The van der Waals surface area contributed by atoms with Crippen LogP contribution in [0.25, 0.3) is 62.2 Å². The van der Waals surface area contributed by atoms with E-state index in [-0.39, 0.29) is 0 Å². The number of fused-ring (bicyclic) bond motifs is 8. The number of benzene rings is 6. The van der Waals surface area contributed by atoms with Crippen LogP contribution in [0.4, 0.5) is 17.1 Å². The fraction of sp³-hybridized carbons (Fsp3) is 0. The molecule has 0 aliphatic carbocycles. The van der Waals surface area contributed by atoms with Crippen LogP contribution in [0.3, 0.4) is 0 Å². The maximum absolute atomic E-state index is 4.44. The molecule has 0 aliphatic rings. The molecule has 0 saturated heterocycles. The molecule has 0 unspecified atom stereocenters. The van der Waals surface area contributed by atoms with Crippen LogP contribution in [-0.4, -0.2) is 4.98 Å². The second-order valence-corrected chi connectivity index (χ2v) is 13.0. The second-order valence-electron chi connectivity index (χ2n) is 10.8. The number of hydrogen-bond donors (Lipinski definition) is 0. The molecule has 4 heteroatoms. The van der Waals surface area contributed by atoms with Crippen LogP contribution >= 0.6 is 22.7 Å². The van der Waals surface area contributed by atoms with E-state index in [2.05, 4.69) is 143 Å². The van der Waals surface area contributed by atoms with Crippen molar-refractivity contribution < 1.29 is 0 Å². The van der Waals surface area contributed by atoms with Crippen LogP contribution in [-0.2, 0) is 0 Å². The molecule has 0 aliphatic heterocycles. The van der Waals surface area contributed by atoms with Crippen LogP contribution in [0.2, 0.25) is 0 Å². The molecule has 9 rings (SSSR count). The molecule has 0 amide bonds. The largest absolute Gasteiger partial charge is 0.310 e. The summed E-state index contributed by atoms with van der Waals surface area (Å²) in [5.74, 6) is 0. The van der Waals surface area contributed by atoms with Gasteiger partial charge < -0.3 is 4.90 Å². The minimum atomic E-state index is 1.13. The lowest BCUT2D eigenvalue weighted by molar-refractivity contribution is 1.29. The first kappa shape index (κ1) is 24.6. The fourth-order valence-corrected chi connectivity index (χ4v) is 8.49. The van der Waals surface area contributed by atoms with E-state index in [1.54, 1.807) is 0 Å². The Kier molecular flexibility index (Phi) is 5.58. The summed E-state index contributed by atoms with van der Waals surface area (Å²) in [7, 11) is 0. The highest BCUT2D eigenvalue weighted by Crippen LogP contribution is 2.42. The standard InChI is InChI=1S/C39H24N2S2/c1-2-6-28(7-3-1)41(30-16-19-36-32(23-30)31-8-4-5-9-35(31)42-36)29-14-10-25(11-15-29)27-13-17-37-33(22-27)39-34-24-40-21-20-26(34)12-18-38(39)43-37/h1-24H. The Balaban J connectivity index is 1.16. The maximum atomic E-state index is 4.44. The second kappa shape index (κ2) is 9.77. The molecule has 0 N–H and O–H groups in total. The summed E-state index contributed by atoms with van der Waals surface area (Å²) in [4.78, 5) is 6.79. The minimum absolute atomic E-state index is 1.13. The summed E-state index contributed by atoms with van der Waals surface area (Å²) in [6.07, 6.45) is 3.87. The Morgan fingerprint density at radius 3 is 2.02 bits per heavy atom. The van der Waals surface area contributed by atoms with Crippen molar-refractivity contribution in [3.05, 3.63) is 146 Å². The van der Waals surface area contributed by atoms with E-state index in [4.69, 9.17) is 0 Å². The van der Waals surface area contributed by atoms with E-state index >= 15 is 0 Å². The summed E-state index contributed by atoms with van der Waals surface area (Å²) in [6, 6.07) is 48.6. The first-order valence-electron chi connectivity index (χ1n) is 14.4. The van der Waals surface area contributed by atoms with Crippen LogP contribution < -0.4 is 4.90 Å². The van der Waals surface area contributed by atoms with E-state index < -0.39 is 0 Å². The molecule has 0 atom stereocenters. The summed E-state index contributed by atoms with van der Waals surface area (Å²) in [5, 5.41) is 7.65. The number of anilines is 3. The molecule has 0 bridgehead atoms. The quantitative estimate of drug-likeness (QED) is 0.205. The van der Waals surface area contributed by atoms with Gasteiger partial charge in [-0.15, -0.1) is 22.7 Å². The van der Waals surface area contributed by atoms with Gasteiger partial charge in [-0.1, -0.05) is 60.7 Å². The van der Waals surface area contributed by atoms with Gasteiger partial charge in [-0.2, -0.15) is 0 Å². The van der Waals surface area contributed by atoms with E-state index in [0.29, 0.717) is 0 Å². The lowest BCUT2D eigenvalue weighted by Gasteiger charge is -2.26. The van der Waals surface area contributed by atoms with E-state index in [0.717, 1.165) is 17.1 Å². The lowest BCUT2D eigenvalue weighted by atomic mass is 10.0. The predicted molar refractivity (Wildman–Crippen MR) is 188 cm³/mol. The Bertz CT molecular complexity index is 2450. The zero-order valence-electron chi connectivity index (χ0n) is 23.1. The van der Waals surface area contributed by atoms with Gasteiger partial charge in [0.25, 0.3) is 0 Å². The van der Waals surface area contributed by atoms with Crippen molar-refractivity contribution in [2.45, 2.75) is 0 Å². The molecule has 3 heterocycles. The molecule has 0 fully saturated rings. The van der Waals surface area contributed by atoms with Gasteiger partial charge in [0.2, 0.25) is 0 Å². The number of pyridine rings is 1. The third-order valence-corrected chi connectivity index (χ3v) is 10.6. The number of thiophene rings is 2. The Labute approximate surface area is 256 Å². The molecule has 6 aromatic carbocycles. The highest BCUT2D eigenvalue weighted by atomic mass is 32.1. The van der Waals surface area contributed by atoms with Crippen molar-refractivity contribution >= 4 is 90.9 Å². The molecule has 43 heavy (non-hydrogen) atoms. The van der Waals surface area contributed by atoms with Gasteiger partial charge in [-0.3, -0.25) is 4.98 Å². The SMILES string of the molecule is c1ccc(N(c2ccc(-c3ccc4sc5ccc6ccncc6c5c4c3)cc2)c2ccc3sc4ccccc4c3c2)cc1. The third kappa shape index (κ3) is 4.03. The molecule has 2 nitrogen and oxygen atoms in total. The molecule has 0 spiro atoms. The predicted octanol–water partition coefficient (Wildman–Crippen LogP) is 12.1. The van der Waals surface area contributed by atoms with Crippen LogP contribution in [0.15, 0.2) is 146 Å². The van der Waals surface area contributed by atoms with Crippen molar-refractivity contribution in [2.24, 2.45) is 0 Å². The maximum Gasteiger partial charge on any atom is 0.0468 e. The van der Waals surface area contributed by atoms with E-state index in [1.165, 1.54) is 62.2 Å². The summed E-state index contributed by atoms with van der Waals surface area (Å²) in [6.45, 7) is 0. The molecule has 0 radical (unpaired) electrons. The van der Waals surface area contributed by atoms with Crippen molar-refractivity contribution in [1.29, 1.82) is 0 Å². The van der Waals surface area contributed by atoms with Gasteiger partial charge in [0.15, 0.2) is 0 Å². The molecule has 202 valence electrons. The Morgan fingerprint density at radius 1 is 0.442 bits per heavy atom. The molecule has 0 saturated carbocycles. The van der Waals surface area contributed by atoms with E-state index in [9.17, 15) is 0 Å². The summed E-state index contributed by atoms with van der Waals surface area (Å²) < 4.78 is 5.24. The zero-order chi connectivity index (χ0) is 28.3. The highest BCUT2D eigenvalue weighted by molar-refractivity contribution is 7.26. The summed E-state index contributed by atoms with van der Waals surface area (Å²) >= 11 is 3.70. The molecular formula is C39H24N2S2. The van der Waals surface area contributed by atoms with Gasteiger partial charge >= 0.3 is 0 Å². The monoisotopic (exact) mass is 584 g/mol. The third-order valence-electron chi connectivity index (χ3n) is 8.35. The number of aromatic nitrogens is 1. The number of hydrogen-bond acceptors (Lipinski definition) is 4. The Morgan fingerprint density at radius 2 is 1.12 bits per heavy atom. The van der Waals surface area contributed by atoms with Crippen LogP contribution in [0.1, 0.15) is 0 Å². The van der Waals surface area contributed by atoms with Gasteiger partial charge in [-0.25, -0.2) is 0 Å². The van der Waals surface area contributed by atoms with Crippen molar-refractivity contribution in [3.63, 3.8) is 0 Å². The summed E-state index contributed by atoms with van der Waals surface area (Å²) in [5.41, 5.74) is 5.85. The van der Waals surface area contributed by atoms with Crippen LogP contribution in [0, 0.1) is 0 Å². The minimum Gasteiger partial charge on any atom is -0.310 e. The number of rotatable bonds is 4. The van der Waals surface area contributed by atoms with Gasteiger partial charge in [0.1, 0.15) is 0 Å². The average Bonchev–Trinajstić information content (AvgIpc) is 3.64. The Hall–Kier alpha value is -5.03. The van der Waals surface area contributed by atoms with Gasteiger partial charge in [0, 0.05) is 75.2 Å². The van der Waals surface area contributed by atoms with Crippen LogP contribution in [0.5, 0.6) is 0 Å². The average molecular weight is 585 g/mol. The zero-order valence-corrected chi connectivity index (χ0v) is 24.7.